The van der Waals surface area contributed by atoms with E-state index in [1.165, 1.54) is 24.3 Å². The lowest BCUT2D eigenvalue weighted by atomic mass is 10.1. The van der Waals surface area contributed by atoms with Crippen molar-refractivity contribution in [3.8, 4) is 0 Å². The number of carboxylic acid groups (broad SMARTS) is 4. The number of carbonyl (C=O) groups excluding carboxylic acids is 4. The molecule has 0 saturated heterocycles. The molecule has 0 aliphatic carbocycles. The molecule has 0 saturated carbocycles. The van der Waals surface area contributed by atoms with Crippen LogP contribution < -0.4 is 26.4 Å². The Bertz CT molecular complexity index is 1420. The predicted octanol–water partition coefficient (Wildman–Crippen LogP) is 1.64. The van der Waals surface area contributed by atoms with Crippen LogP contribution in [-0.4, -0.2) is 111 Å². The largest absolute Gasteiger partial charge is 0.481 e. The zero-order valence-corrected chi connectivity index (χ0v) is 31.2. The summed E-state index contributed by atoms with van der Waals surface area (Å²) in [6.45, 7) is 0.597. The fraction of sp³-hybridized carbons (Fsp3) is 0.588. The summed E-state index contributed by atoms with van der Waals surface area (Å²) < 4.78 is 18.0. The summed E-state index contributed by atoms with van der Waals surface area (Å²) in [7, 11) is -2.47. The number of aliphatic carboxylic acids is 4. The van der Waals surface area contributed by atoms with Crippen molar-refractivity contribution in [1.29, 1.82) is 0 Å². The van der Waals surface area contributed by atoms with Gasteiger partial charge in [-0.05, 0) is 75.6 Å². The highest BCUT2D eigenvalue weighted by Gasteiger charge is 2.25. The topological polar surface area (TPSA) is 307 Å². The molecule has 55 heavy (non-hydrogen) atoms. The van der Waals surface area contributed by atoms with Crippen LogP contribution in [0.15, 0.2) is 24.3 Å². The average molecular weight is 804 g/mol. The van der Waals surface area contributed by atoms with Crippen LogP contribution in [0.2, 0.25) is 0 Å². The van der Waals surface area contributed by atoms with Crippen molar-refractivity contribution in [3.05, 3.63) is 35.6 Å². The molecule has 0 radical (unpaired) electrons. The van der Waals surface area contributed by atoms with Gasteiger partial charge in [-0.15, -0.1) is 0 Å². The van der Waals surface area contributed by atoms with E-state index in [1.54, 1.807) is 0 Å². The molecule has 1 rings (SSSR count). The minimum absolute atomic E-state index is 0.00955. The minimum Gasteiger partial charge on any atom is -0.481 e. The molecule has 4 amide bonds. The molecule has 0 fully saturated rings. The first-order chi connectivity index (χ1) is 26.1. The van der Waals surface area contributed by atoms with E-state index in [9.17, 15) is 57.9 Å². The molecule has 19 nitrogen and oxygen atoms in total. The molecule has 1 aromatic rings. The van der Waals surface area contributed by atoms with Gasteiger partial charge in [0.1, 0.15) is 23.9 Å². The second-order valence-electron chi connectivity index (χ2n) is 12.4. The number of rotatable bonds is 31. The van der Waals surface area contributed by atoms with Gasteiger partial charge in [0.15, 0.2) is 0 Å². The summed E-state index contributed by atoms with van der Waals surface area (Å²) in [5.74, 6) is -7.57. The zero-order valence-electron chi connectivity index (χ0n) is 30.3. The van der Waals surface area contributed by atoms with E-state index in [2.05, 4.69) is 26.4 Å². The Balaban J connectivity index is 2.22. The van der Waals surface area contributed by atoms with Crippen molar-refractivity contribution in [2.45, 2.75) is 108 Å². The second kappa shape index (κ2) is 27.7. The standard InChI is InChI=1S/C34H51FN5O14P/c35-23-13-11-22(12-14-23)31(46)37-20-6-1-3-9-27(41)36-19-5-2-4-10-28(42)39-25(33(49)50)15-17-29(43)38-24(32(47)48)8-7-21-54-55(53)40-26(34(51)52)16-18-30(44)45/h11-14,24-26,40,53H,1-10,15-21H2,(H,36,41)(H,37,46)(H,38,43)(H,39,42)(H,44,45)(H,47,48)(H,49,50)(H,51,52)/t24-,25-,26-,55?/m0/s1. The van der Waals surface area contributed by atoms with Crippen molar-refractivity contribution in [3.63, 3.8) is 0 Å². The molecular formula is C34H51FN5O14P. The predicted molar refractivity (Wildman–Crippen MR) is 193 cm³/mol. The van der Waals surface area contributed by atoms with Crippen LogP contribution in [0.25, 0.3) is 0 Å². The molecule has 1 aromatic carbocycles. The highest BCUT2D eigenvalue weighted by molar-refractivity contribution is 7.43. The average Bonchev–Trinajstić information content (AvgIpc) is 3.12. The van der Waals surface area contributed by atoms with Crippen molar-refractivity contribution in [2.24, 2.45) is 0 Å². The van der Waals surface area contributed by atoms with Gasteiger partial charge in [0.05, 0.1) is 6.61 Å². The first kappa shape index (κ1) is 48.2. The number of benzene rings is 1. The summed E-state index contributed by atoms with van der Waals surface area (Å²) >= 11 is 0. The van der Waals surface area contributed by atoms with E-state index in [4.69, 9.17) is 14.7 Å². The monoisotopic (exact) mass is 803 g/mol. The summed E-state index contributed by atoms with van der Waals surface area (Å²) in [5, 5.41) is 49.2. The van der Waals surface area contributed by atoms with Gasteiger partial charge in [-0.2, -0.15) is 0 Å². The van der Waals surface area contributed by atoms with Crippen LogP contribution in [0.5, 0.6) is 0 Å². The smallest absolute Gasteiger partial charge is 0.326 e. The Morgan fingerprint density at radius 2 is 1.11 bits per heavy atom. The highest BCUT2D eigenvalue weighted by Crippen LogP contribution is 2.28. The first-order valence-electron chi connectivity index (χ1n) is 17.8. The van der Waals surface area contributed by atoms with Crippen molar-refractivity contribution in [2.75, 3.05) is 19.7 Å². The van der Waals surface area contributed by atoms with Gasteiger partial charge < -0.3 is 51.1 Å². The van der Waals surface area contributed by atoms with Crippen LogP contribution in [0.1, 0.15) is 100 Å². The van der Waals surface area contributed by atoms with E-state index in [-0.39, 0.29) is 50.5 Å². The second-order valence-corrected chi connectivity index (χ2v) is 13.5. The van der Waals surface area contributed by atoms with Crippen LogP contribution >= 0.6 is 8.53 Å². The number of amides is 4. The third kappa shape index (κ3) is 23.6. The number of hydrogen-bond donors (Lipinski definition) is 10. The number of nitrogens with one attached hydrogen (secondary N) is 5. The number of halogens is 1. The van der Waals surface area contributed by atoms with E-state index in [1.807, 2.05) is 0 Å². The van der Waals surface area contributed by atoms with Crippen LogP contribution in [0.3, 0.4) is 0 Å². The van der Waals surface area contributed by atoms with Crippen molar-refractivity contribution in [1.82, 2.24) is 26.4 Å². The molecule has 1 unspecified atom stereocenters. The van der Waals surface area contributed by atoms with Gasteiger partial charge in [0.25, 0.3) is 14.4 Å². The molecule has 308 valence electrons. The van der Waals surface area contributed by atoms with Gasteiger partial charge in [-0.25, -0.2) is 19.1 Å². The Hall–Kier alpha value is -4.78. The molecule has 4 atom stereocenters. The lowest BCUT2D eigenvalue weighted by Crippen LogP contribution is -2.44. The SMILES string of the molecule is O=C(O)CC[C@H](NP(O)OCCC[C@H](NC(=O)CC[C@H](NC(=O)CCCCCNC(=O)CCCCCNC(=O)c1ccc(F)cc1)C(=O)O)C(=O)O)C(=O)O. The third-order valence-corrected chi connectivity index (χ3v) is 8.82. The Morgan fingerprint density at radius 1 is 0.600 bits per heavy atom. The lowest BCUT2D eigenvalue weighted by molar-refractivity contribution is -0.143. The molecule has 0 aromatic heterocycles. The fourth-order valence-electron chi connectivity index (χ4n) is 4.84. The molecular weight excluding hydrogens is 752 g/mol. The summed E-state index contributed by atoms with van der Waals surface area (Å²) in [6, 6.07) is 1.04. The Morgan fingerprint density at radius 3 is 1.67 bits per heavy atom. The minimum atomic E-state index is -2.47. The quantitative estimate of drug-likeness (QED) is 0.0377. The van der Waals surface area contributed by atoms with Gasteiger partial charge in [0.2, 0.25) is 17.7 Å². The summed E-state index contributed by atoms with van der Waals surface area (Å²) in [4.78, 5) is 104. The third-order valence-electron chi connectivity index (χ3n) is 7.86. The number of carboxylic acids is 4. The maximum Gasteiger partial charge on any atom is 0.326 e. The number of carbonyl (C=O) groups is 8. The molecule has 0 aliphatic heterocycles. The summed E-state index contributed by atoms with van der Waals surface area (Å²) in [5.41, 5.74) is 0.363. The van der Waals surface area contributed by atoms with E-state index in [0.717, 1.165) is 6.42 Å². The highest BCUT2D eigenvalue weighted by atomic mass is 31.2. The zero-order chi connectivity index (χ0) is 41.2. The normalized spacial score (nSPS) is 13.1. The van der Waals surface area contributed by atoms with E-state index >= 15 is 0 Å². The molecule has 0 spiro atoms. The van der Waals surface area contributed by atoms with Gasteiger partial charge >= 0.3 is 23.9 Å². The molecule has 10 N–H and O–H groups in total. The van der Waals surface area contributed by atoms with Crippen molar-refractivity contribution >= 4 is 56.0 Å². The van der Waals surface area contributed by atoms with Crippen LogP contribution in [0.4, 0.5) is 4.39 Å². The van der Waals surface area contributed by atoms with E-state index < -0.39 is 81.0 Å². The summed E-state index contributed by atoms with van der Waals surface area (Å²) in [6.07, 6.45) is 2.30. The number of unbranched alkanes of at least 4 members (excludes halogenated alkanes) is 4. The van der Waals surface area contributed by atoms with E-state index in [0.29, 0.717) is 57.2 Å². The first-order valence-corrected chi connectivity index (χ1v) is 19.0. The molecule has 0 bridgehead atoms. The van der Waals surface area contributed by atoms with Gasteiger partial charge in [0, 0.05) is 44.3 Å². The van der Waals surface area contributed by atoms with Gasteiger partial charge in [-0.3, -0.25) is 28.8 Å². The molecule has 0 heterocycles. The number of hydrogen-bond acceptors (Lipinski definition) is 11. The van der Waals surface area contributed by atoms with Crippen LogP contribution in [0, 0.1) is 5.82 Å². The maximum atomic E-state index is 13.0. The maximum absolute atomic E-state index is 13.0. The van der Waals surface area contributed by atoms with Gasteiger partial charge in [-0.1, -0.05) is 12.8 Å². The molecule has 21 heteroatoms. The Kier molecular flexibility index (Phi) is 24.3. The lowest BCUT2D eigenvalue weighted by Gasteiger charge is -2.19. The van der Waals surface area contributed by atoms with Crippen molar-refractivity contribution < 1.29 is 72.6 Å². The fourth-order valence-corrected chi connectivity index (χ4v) is 5.72. The molecule has 0 aliphatic rings. The van der Waals surface area contributed by atoms with Crippen LogP contribution in [-0.2, 0) is 38.1 Å². The Labute approximate surface area is 318 Å².